The van der Waals surface area contributed by atoms with Crippen molar-refractivity contribution in [1.29, 1.82) is 0 Å². The molecule has 4 atom stereocenters. The SMILES string of the molecule is CCOc1ccc(Br)cc1/C=N\Nc1nc2c(=O)[nH]c(N)nc2n1[C@H]1O[C@@H](CO)[C@@H](O)[C@H]1O. The lowest BCUT2D eigenvalue weighted by Gasteiger charge is -2.18. The third-order valence-corrected chi connectivity index (χ3v) is 5.47. The number of nitrogens with one attached hydrogen (secondary N) is 2. The molecule has 1 aromatic carbocycles. The molecule has 0 radical (unpaired) electrons. The molecule has 176 valence electrons. The van der Waals surface area contributed by atoms with Crippen LogP contribution in [0.3, 0.4) is 0 Å². The van der Waals surface area contributed by atoms with Crippen molar-refractivity contribution in [3.8, 4) is 5.75 Å². The smallest absolute Gasteiger partial charge is 0.280 e. The van der Waals surface area contributed by atoms with Crippen molar-refractivity contribution in [2.45, 2.75) is 31.5 Å². The Morgan fingerprint density at radius 3 is 2.88 bits per heavy atom. The van der Waals surface area contributed by atoms with Crippen molar-refractivity contribution in [2.24, 2.45) is 5.10 Å². The van der Waals surface area contributed by atoms with Crippen LogP contribution < -0.4 is 21.5 Å². The first-order chi connectivity index (χ1) is 15.8. The fourth-order valence-electron chi connectivity index (χ4n) is 3.48. The van der Waals surface area contributed by atoms with Crippen LogP contribution in [-0.2, 0) is 4.74 Å². The monoisotopic (exact) mass is 523 g/mol. The zero-order chi connectivity index (χ0) is 23.7. The molecule has 1 aliphatic heterocycles. The number of rotatable bonds is 7. The van der Waals surface area contributed by atoms with Crippen LogP contribution in [0.2, 0.25) is 0 Å². The number of nitrogens with zero attached hydrogens (tertiary/aromatic N) is 4. The summed E-state index contributed by atoms with van der Waals surface area (Å²) in [6.45, 7) is 1.80. The molecule has 3 aromatic rings. The Labute approximate surface area is 195 Å². The summed E-state index contributed by atoms with van der Waals surface area (Å²) in [4.78, 5) is 23.0. The molecular formula is C19H22BrN7O6. The Morgan fingerprint density at radius 2 is 2.18 bits per heavy atom. The van der Waals surface area contributed by atoms with Gasteiger partial charge >= 0.3 is 0 Å². The van der Waals surface area contributed by atoms with Gasteiger partial charge in [0.15, 0.2) is 17.4 Å². The average molecular weight is 524 g/mol. The van der Waals surface area contributed by atoms with Crippen LogP contribution in [0.5, 0.6) is 5.75 Å². The maximum absolute atomic E-state index is 12.4. The number of hydrogen-bond donors (Lipinski definition) is 6. The van der Waals surface area contributed by atoms with Gasteiger partial charge in [-0.1, -0.05) is 15.9 Å². The van der Waals surface area contributed by atoms with E-state index >= 15 is 0 Å². The minimum atomic E-state index is -1.44. The second kappa shape index (κ2) is 9.44. The largest absolute Gasteiger partial charge is 0.493 e. The van der Waals surface area contributed by atoms with Crippen molar-refractivity contribution in [2.75, 3.05) is 24.4 Å². The fraction of sp³-hybridized carbons (Fsp3) is 0.368. The highest BCUT2D eigenvalue weighted by molar-refractivity contribution is 9.10. The molecule has 0 saturated carbocycles. The highest BCUT2D eigenvalue weighted by Gasteiger charge is 2.45. The normalized spacial score (nSPS) is 22.9. The molecule has 1 aliphatic rings. The summed E-state index contributed by atoms with van der Waals surface area (Å²) in [5, 5.41) is 34.3. The van der Waals surface area contributed by atoms with Crippen molar-refractivity contribution in [1.82, 2.24) is 19.5 Å². The van der Waals surface area contributed by atoms with Gasteiger partial charge in [0.1, 0.15) is 24.1 Å². The van der Waals surface area contributed by atoms with Gasteiger partial charge in [0, 0.05) is 10.0 Å². The Balaban J connectivity index is 1.75. The first-order valence-electron chi connectivity index (χ1n) is 9.95. The standard InChI is InChI=1S/C19H22BrN7O6/c1-2-32-10-4-3-9(20)5-8(10)6-22-26-19-23-12-15(24-18(21)25-16(12)31)27(19)17-14(30)13(29)11(7-28)33-17/h3-6,11,13-14,17,28-30H,2,7H2,1H3,(H,23,26)(H3,21,24,25,31)/b22-6-/t11-,13+,14+,17-/m0/s1. The number of benzene rings is 1. The molecule has 4 rings (SSSR count). The summed E-state index contributed by atoms with van der Waals surface area (Å²) in [5.74, 6) is 0.424. The van der Waals surface area contributed by atoms with E-state index in [1.807, 2.05) is 13.0 Å². The number of H-pyrrole nitrogens is 1. The molecule has 33 heavy (non-hydrogen) atoms. The number of halogens is 1. The van der Waals surface area contributed by atoms with Crippen LogP contribution in [0.15, 0.2) is 32.6 Å². The number of nitrogens with two attached hydrogens (primary N) is 1. The van der Waals surface area contributed by atoms with E-state index in [-0.39, 0.29) is 23.1 Å². The summed E-state index contributed by atoms with van der Waals surface area (Å²) in [6, 6.07) is 5.42. The number of imidazole rings is 1. The summed E-state index contributed by atoms with van der Waals surface area (Å²) < 4.78 is 13.3. The van der Waals surface area contributed by atoms with Crippen molar-refractivity contribution < 1.29 is 24.8 Å². The van der Waals surface area contributed by atoms with Crippen molar-refractivity contribution >= 4 is 45.2 Å². The quantitative estimate of drug-likeness (QED) is 0.180. The minimum Gasteiger partial charge on any atom is -0.493 e. The van der Waals surface area contributed by atoms with Crippen molar-refractivity contribution in [3.05, 3.63) is 38.6 Å². The van der Waals surface area contributed by atoms with E-state index < -0.39 is 36.7 Å². The summed E-state index contributed by atoms with van der Waals surface area (Å²) >= 11 is 3.40. The van der Waals surface area contributed by atoms with Gasteiger partial charge in [-0.15, -0.1) is 0 Å². The molecule has 0 bridgehead atoms. The molecule has 13 nitrogen and oxygen atoms in total. The Bertz CT molecular complexity index is 1250. The van der Waals surface area contributed by atoms with Crippen LogP contribution in [0.1, 0.15) is 18.7 Å². The van der Waals surface area contributed by atoms with E-state index in [4.69, 9.17) is 15.2 Å². The number of anilines is 2. The van der Waals surface area contributed by atoms with Gasteiger partial charge in [-0.3, -0.25) is 14.3 Å². The lowest BCUT2D eigenvalue weighted by atomic mass is 10.1. The maximum atomic E-state index is 12.4. The number of aromatic nitrogens is 4. The van der Waals surface area contributed by atoms with Crippen LogP contribution in [-0.4, -0.2) is 72.6 Å². The Morgan fingerprint density at radius 1 is 1.39 bits per heavy atom. The molecule has 0 amide bonds. The minimum absolute atomic E-state index is 0.00116. The van der Waals surface area contributed by atoms with E-state index in [9.17, 15) is 20.1 Å². The molecule has 14 heteroatoms. The number of nitrogen functional groups attached to an aromatic ring is 1. The highest BCUT2D eigenvalue weighted by atomic mass is 79.9. The average Bonchev–Trinajstić information content (AvgIpc) is 3.27. The summed E-state index contributed by atoms with van der Waals surface area (Å²) in [5.41, 5.74) is 8.36. The number of hydrazone groups is 1. The predicted octanol–water partition coefficient (Wildman–Crippen LogP) is -0.0795. The van der Waals surface area contributed by atoms with E-state index in [2.05, 4.69) is 41.4 Å². The van der Waals surface area contributed by atoms with Gasteiger partial charge in [-0.2, -0.15) is 10.1 Å². The van der Waals surface area contributed by atoms with E-state index in [0.29, 0.717) is 17.9 Å². The van der Waals surface area contributed by atoms with Gasteiger partial charge in [0.05, 0.1) is 19.4 Å². The number of aromatic amines is 1. The van der Waals surface area contributed by atoms with Gasteiger partial charge in [0.2, 0.25) is 11.9 Å². The van der Waals surface area contributed by atoms with Crippen LogP contribution in [0, 0.1) is 0 Å². The number of aliphatic hydroxyl groups excluding tert-OH is 3. The molecule has 2 aromatic heterocycles. The van der Waals surface area contributed by atoms with Crippen LogP contribution >= 0.6 is 15.9 Å². The second-order valence-electron chi connectivity index (χ2n) is 7.14. The number of hydrogen-bond acceptors (Lipinski definition) is 11. The third kappa shape index (κ3) is 4.43. The van der Waals surface area contributed by atoms with Gasteiger partial charge in [0.25, 0.3) is 5.56 Å². The lowest BCUT2D eigenvalue weighted by Crippen LogP contribution is -2.33. The van der Waals surface area contributed by atoms with E-state index in [1.54, 1.807) is 12.1 Å². The molecule has 3 heterocycles. The highest BCUT2D eigenvalue weighted by Crippen LogP contribution is 2.34. The van der Waals surface area contributed by atoms with Gasteiger partial charge in [-0.25, -0.2) is 10.4 Å². The van der Waals surface area contributed by atoms with Crippen LogP contribution in [0.4, 0.5) is 11.9 Å². The summed E-state index contributed by atoms with van der Waals surface area (Å²) in [6.07, 6.45) is -3.60. The number of aliphatic hydroxyl groups is 3. The molecular weight excluding hydrogens is 502 g/mol. The van der Waals surface area contributed by atoms with E-state index in [0.717, 1.165) is 4.47 Å². The molecule has 1 fully saturated rings. The second-order valence-corrected chi connectivity index (χ2v) is 8.06. The van der Waals surface area contributed by atoms with Crippen LogP contribution in [0.25, 0.3) is 11.2 Å². The number of ether oxygens (including phenoxy) is 2. The third-order valence-electron chi connectivity index (χ3n) is 4.98. The molecule has 0 spiro atoms. The molecule has 0 aliphatic carbocycles. The van der Waals surface area contributed by atoms with Gasteiger partial charge < -0.3 is 30.5 Å². The lowest BCUT2D eigenvalue weighted by molar-refractivity contribution is -0.0501. The zero-order valence-corrected chi connectivity index (χ0v) is 18.9. The fourth-order valence-corrected chi connectivity index (χ4v) is 3.86. The topological polar surface area (TPSA) is 193 Å². The zero-order valence-electron chi connectivity index (χ0n) is 17.3. The number of fused-ring (bicyclic) bond motifs is 1. The van der Waals surface area contributed by atoms with Gasteiger partial charge in [-0.05, 0) is 25.1 Å². The molecule has 1 saturated heterocycles. The first-order valence-corrected chi connectivity index (χ1v) is 10.7. The Kier molecular flexibility index (Phi) is 6.62. The predicted molar refractivity (Wildman–Crippen MR) is 122 cm³/mol. The Hall–Kier alpha value is -3.04. The maximum Gasteiger partial charge on any atom is 0.280 e. The van der Waals surface area contributed by atoms with Crippen molar-refractivity contribution in [3.63, 3.8) is 0 Å². The molecule has 7 N–H and O–H groups in total. The van der Waals surface area contributed by atoms with E-state index in [1.165, 1.54) is 10.8 Å². The first kappa shape index (κ1) is 23.1. The summed E-state index contributed by atoms with van der Waals surface area (Å²) in [7, 11) is 0. The molecule has 0 unspecified atom stereocenters.